The average Bonchev–Trinajstić information content (AvgIpc) is 2.76. The zero-order valence-electron chi connectivity index (χ0n) is 10.7. The third-order valence-corrected chi connectivity index (χ3v) is 4.32. The fourth-order valence-corrected chi connectivity index (χ4v) is 3.24. The monoisotopic (exact) mass is 230 g/mol. The van der Waals surface area contributed by atoms with E-state index in [1.165, 1.54) is 43.7 Å². The van der Waals surface area contributed by atoms with Crippen LogP contribution in [0.5, 0.6) is 0 Å². The molecule has 3 unspecified atom stereocenters. The Bertz CT molecular complexity index is 388. The number of rotatable bonds is 3. The van der Waals surface area contributed by atoms with E-state index in [1.54, 1.807) is 0 Å². The Hall–Kier alpha value is -1.02. The molecule has 2 aliphatic heterocycles. The van der Waals surface area contributed by atoms with Gasteiger partial charge in [-0.1, -0.05) is 19.1 Å². The van der Waals surface area contributed by atoms with Crippen LogP contribution in [0.1, 0.15) is 25.3 Å². The van der Waals surface area contributed by atoms with Crippen LogP contribution in [-0.4, -0.2) is 30.6 Å². The number of aryl methyl sites for hydroxylation is 1. The van der Waals surface area contributed by atoms with Crippen molar-refractivity contribution in [3.8, 4) is 0 Å². The minimum atomic E-state index is 0.695. The van der Waals surface area contributed by atoms with E-state index in [0.29, 0.717) is 6.04 Å². The summed E-state index contributed by atoms with van der Waals surface area (Å²) in [6.45, 7) is 6.12. The highest BCUT2D eigenvalue weighted by Crippen LogP contribution is 2.29. The molecule has 2 fully saturated rings. The normalized spacial score (nSPS) is 31.5. The molecule has 0 aromatic heterocycles. The van der Waals surface area contributed by atoms with E-state index < -0.39 is 0 Å². The molecule has 0 aliphatic carbocycles. The molecule has 3 rings (SSSR count). The highest BCUT2D eigenvalue weighted by atomic mass is 15.2. The lowest BCUT2D eigenvalue weighted by atomic mass is 9.94. The fraction of sp³-hybridized carbons (Fsp3) is 0.600. The van der Waals surface area contributed by atoms with Crippen LogP contribution >= 0.6 is 0 Å². The van der Waals surface area contributed by atoms with E-state index in [4.69, 9.17) is 0 Å². The quantitative estimate of drug-likeness (QED) is 0.859. The van der Waals surface area contributed by atoms with Crippen LogP contribution in [0, 0.1) is 5.92 Å². The van der Waals surface area contributed by atoms with Gasteiger partial charge in [0.05, 0.1) is 0 Å². The Morgan fingerprint density at radius 1 is 1.29 bits per heavy atom. The van der Waals surface area contributed by atoms with Gasteiger partial charge in [0.15, 0.2) is 0 Å². The van der Waals surface area contributed by atoms with Gasteiger partial charge in [-0.25, -0.2) is 0 Å². The van der Waals surface area contributed by atoms with Crippen LogP contribution in [0.4, 0.5) is 5.69 Å². The summed E-state index contributed by atoms with van der Waals surface area (Å²) in [5.74, 6) is 0.869. The molecule has 0 spiro atoms. The lowest BCUT2D eigenvalue weighted by molar-refractivity contribution is 0.255. The van der Waals surface area contributed by atoms with Crippen LogP contribution < -0.4 is 5.32 Å². The minimum absolute atomic E-state index is 0.695. The van der Waals surface area contributed by atoms with Crippen LogP contribution in [0.2, 0.25) is 0 Å². The maximum Gasteiger partial charge on any atom is 0.0345 e. The first-order chi connectivity index (χ1) is 8.35. The highest BCUT2D eigenvalue weighted by molar-refractivity contribution is 5.46. The van der Waals surface area contributed by atoms with E-state index in [0.717, 1.165) is 12.3 Å². The molecular weight excluding hydrogens is 208 g/mol. The topological polar surface area (TPSA) is 15.3 Å². The van der Waals surface area contributed by atoms with Gasteiger partial charge in [0, 0.05) is 24.8 Å². The molecule has 17 heavy (non-hydrogen) atoms. The van der Waals surface area contributed by atoms with E-state index in [9.17, 15) is 0 Å². The lowest BCUT2D eigenvalue weighted by Crippen LogP contribution is -2.39. The van der Waals surface area contributed by atoms with Crippen LogP contribution in [-0.2, 0) is 6.42 Å². The summed E-state index contributed by atoms with van der Waals surface area (Å²) in [6, 6.07) is 9.59. The first-order valence-corrected chi connectivity index (χ1v) is 6.93. The molecule has 2 nitrogen and oxygen atoms in total. The van der Waals surface area contributed by atoms with Gasteiger partial charge in [-0.15, -0.1) is 0 Å². The second kappa shape index (κ2) is 4.69. The van der Waals surface area contributed by atoms with Crippen molar-refractivity contribution in [3.63, 3.8) is 0 Å². The number of piperidine rings is 1. The number of anilines is 1. The molecule has 2 aliphatic rings. The smallest absolute Gasteiger partial charge is 0.0345 e. The molecule has 1 aromatic rings. The number of benzene rings is 1. The van der Waals surface area contributed by atoms with Gasteiger partial charge in [0.2, 0.25) is 0 Å². The van der Waals surface area contributed by atoms with Crippen molar-refractivity contribution in [3.05, 3.63) is 29.8 Å². The van der Waals surface area contributed by atoms with Gasteiger partial charge >= 0.3 is 0 Å². The molecule has 0 radical (unpaired) electrons. The third kappa shape index (κ3) is 2.32. The molecule has 2 bridgehead atoms. The van der Waals surface area contributed by atoms with Gasteiger partial charge < -0.3 is 10.2 Å². The number of hydrogen-bond donors (Lipinski definition) is 1. The summed E-state index contributed by atoms with van der Waals surface area (Å²) >= 11 is 0. The molecule has 2 heteroatoms. The SMILES string of the molecule is CCc1cccc(NC2CCN3CCC2C3)c1. The summed E-state index contributed by atoms with van der Waals surface area (Å²) in [5, 5.41) is 3.76. The maximum absolute atomic E-state index is 3.76. The van der Waals surface area contributed by atoms with E-state index in [2.05, 4.69) is 41.4 Å². The summed E-state index contributed by atoms with van der Waals surface area (Å²) < 4.78 is 0. The molecule has 2 heterocycles. The van der Waals surface area contributed by atoms with Gasteiger partial charge in [0.25, 0.3) is 0 Å². The second-order valence-corrected chi connectivity index (χ2v) is 5.44. The van der Waals surface area contributed by atoms with Gasteiger partial charge in [0.1, 0.15) is 0 Å². The van der Waals surface area contributed by atoms with Crippen LogP contribution in [0.25, 0.3) is 0 Å². The lowest BCUT2D eigenvalue weighted by Gasteiger charge is -2.31. The van der Waals surface area contributed by atoms with Crippen molar-refractivity contribution < 1.29 is 0 Å². The number of fused-ring (bicyclic) bond motifs is 2. The van der Waals surface area contributed by atoms with E-state index in [-0.39, 0.29) is 0 Å². The molecule has 1 aromatic carbocycles. The Labute approximate surface area is 104 Å². The predicted molar refractivity (Wildman–Crippen MR) is 72.4 cm³/mol. The summed E-state index contributed by atoms with van der Waals surface area (Å²) in [7, 11) is 0. The Morgan fingerprint density at radius 3 is 3.06 bits per heavy atom. The zero-order valence-corrected chi connectivity index (χ0v) is 10.7. The second-order valence-electron chi connectivity index (χ2n) is 5.44. The molecular formula is C15H22N2. The number of hydrogen-bond acceptors (Lipinski definition) is 2. The van der Waals surface area contributed by atoms with Crippen molar-refractivity contribution >= 4 is 5.69 Å². The zero-order chi connectivity index (χ0) is 11.7. The largest absolute Gasteiger partial charge is 0.382 e. The minimum Gasteiger partial charge on any atom is -0.382 e. The highest BCUT2D eigenvalue weighted by Gasteiger charge is 2.33. The van der Waals surface area contributed by atoms with Crippen LogP contribution in [0.15, 0.2) is 24.3 Å². The van der Waals surface area contributed by atoms with Gasteiger partial charge in [-0.3, -0.25) is 0 Å². The Kier molecular flexibility index (Phi) is 3.06. The molecule has 3 atom stereocenters. The van der Waals surface area contributed by atoms with E-state index >= 15 is 0 Å². The maximum atomic E-state index is 3.76. The van der Waals surface area contributed by atoms with Gasteiger partial charge in [-0.05, 0) is 49.4 Å². The van der Waals surface area contributed by atoms with Crippen LogP contribution in [0.3, 0.4) is 0 Å². The molecule has 1 N–H and O–H groups in total. The van der Waals surface area contributed by atoms with Crippen molar-refractivity contribution in [1.82, 2.24) is 4.90 Å². The van der Waals surface area contributed by atoms with Crippen molar-refractivity contribution in [2.45, 2.75) is 32.2 Å². The summed E-state index contributed by atoms with van der Waals surface area (Å²) in [4.78, 5) is 2.60. The molecule has 92 valence electrons. The molecule has 0 amide bonds. The third-order valence-electron chi connectivity index (χ3n) is 4.32. The number of nitrogens with one attached hydrogen (secondary N) is 1. The standard InChI is InChI=1S/C15H22N2/c1-2-12-4-3-5-14(10-12)16-15-7-9-17-8-6-13(15)11-17/h3-5,10,13,15-16H,2,6-9,11H2,1H3. The molecule has 0 saturated carbocycles. The first-order valence-electron chi connectivity index (χ1n) is 6.93. The average molecular weight is 230 g/mol. The van der Waals surface area contributed by atoms with Crippen molar-refractivity contribution in [2.75, 3.05) is 25.0 Å². The fourth-order valence-electron chi connectivity index (χ4n) is 3.24. The molecule has 2 saturated heterocycles. The Balaban J connectivity index is 1.69. The van der Waals surface area contributed by atoms with Gasteiger partial charge in [-0.2, -0.15) is 0 Å². The van der Waals surface area contributed by atoms with Crippen molar-refractivity contribution in [1.29, 1.82) is 0 Å². The van der Waals surface area contributed by atoms with E-state index in [1.807, 2.05) is 0 Å². The summed E-state index contributed by atoms with van der Waals surface area (Å²) in [5.41, 5.74) is 2.74. The number of nitrogens with zero attached hydrogens (tertiary/aromatic N) is 1. The predicted octanol–water partition coefficient (Wildman–Crippen LogP) is 2.76. The van der Waals surface area contributed by atoms with Crippen molar-refractivity contribution in [2.24, 2.45) is 5.92 Å². The Morgan fingerprint density at radius 2 is 2.18 bits per heavy atom. The first kappa shape index (κ1) is 11.1. The summed E-state index contributed by atoms with van der Waals surface area (Å²) in [6.07, 6.45) is 3.81.